The maximum absolute atomic E-state index is 13.7. The highest BCUT2D eigenvalue weighted by molar-refractivity contribution is 6.30. The summed E-state index contributed by atoms with van der Waals surface area (Å²) in [6.45, 7) is 0.844. The molecular formula is C34H38ClN9O5. The average molecular weight is 688 g/mol. The number of ether oxygens (including phenoxy) is 2. The Hall–Kier alpha value is -5.34. The van der Waals surface area contributed by atoms with Crippen LogP contribution in [0.4, 0.5) is 16.2 Å². The molecule has 0 saturated carbocycles. The number of nitrogens with one attached hydrogen (secondary N) is 3. The molecule has 3 heterocycles. The average Bonchev–Trinajstić information content (AvgIpc) is 3.65. The molecule has 3 amide bonds. The summed E-state index contributed by atoms with van der Waals surface area (Å²) in [5, 5.41) is 21.1. The Balaban J connectivity index is 1.45. The molecule has 0 aliphatic carbocycles. The Bertz CT molecular complexity index is 1800. The van der Waals surface area contributed by atoms with E-state index in [1.54, 1.807) is 61.7 Å². The number of aromatic nitrogens is 5. The summed E-state index contributed by atoms with van der Waals surface area (Å²) < 4.78 is 11.5. The summed E-state index contributed by atoms with van der Waals surface area (Å²) >= 11 is 6.26. The summed E-state index contributed by atoms with van der Waals surface area (Å²) in [5.74, 6) is -0.404. The van der Waals surface area contributed by atoms with Crippen LogP contribution in [0.15, 0.2) is 67.1 Å². The minimum Gasteiger partial charge on any atom is -0.453 e. The molecule has 256 valence electrons. The number of carbonyl (C=O) groups is 3. The maximum Gasteiger partial charge on any atom is 0.411 e. The number of likely N-dealkylation sites (N-methyl/N-ethyl adjacent to an activating group) is 1. The van der Waals surface area contributed by atoms with E-state index in [-0.39, 0.29) is 11.8 Å². The molecule has 49 heavy (non-hydrogen) atoms. The SMILES string of the molecule is COCCN(C)C(=O)[C@H]1CCCC[C@H](NC(=O)/C=C/c2cc(Cl)ccc2-n2cnnn2)c2cc(ccn2)-c2ccc(NC(=O)OC)cc2N1. The van der Waals surface area contributed by atoms with Crippen molar-refractivity contribution in [2.24, 2.45) is 0 Å². The molecule has 2 atom stereocenters. The van der Waals surface area contributed by atoms with Crippen LogP contribution in [-0.2, 0) is 19.1 Å². The number of halogens is 1. The van der Waals surface area contributed by atoms with Gasteiger partial charge in [-0.1, -0.05) is 30.5 Å². The van der Waals surface area contributed by atoms with Crippen molar-refractivity contribution in [3.05, 3.63) is 83.4 Å². The van der Waals surface area contributed by atoms with E-state index in [2.05, 4.69) is 36.5 Å². The third-order valence-electron chi connectivity index (χ3n) is 8.09. The van der Waals surface area contributed by atoms with Crippen molar-refractivity contribution in [1.29, 1.82) is 0 Å². The first kappa shape index (κ1) is 35.0. The summed E-state index contributed by atoms with van der Waals surface area (Å²) in [5.41, 5.74) is 4.76. The Kier molecular flexibility index (Phi) is 11.9. The summed E-state index contributed by atoms with van der Waals surface area (Å²) in [6, 6.07) is 13.4. The number of pyridine rings is 1. The first-order valence-corrected chi connectivity index (χ1v) is 16.1. The molecule has 2 aromatic heterocycles. The molecule has 5 rings (SSSR count). The van der Waals surface area contributed by atoms with Crippen molar-refractivity contribution in [3.63, 3.8) is 0 Å². The monoisotopic (exact) mass is 687 g/mol. The fourth-order valence-corrected chi connectivity index (χ4v) is 5.71. The number of benzene rings is 2. The second-order valence-electron chi connectivity index (χ2n) is 11.4. The molecule has 0 unspecified atom stereocenters. The molecule has 0 radical (unpaired) electrons. The van der Waals surface area contributed by atoms with E-state index in [4.69, 9.17) is 21.1 Å². The fraction of sp³-hybridized carbons (Fsp3) is 0.324. The topological polar surface area (TPSA) is 165 Å². The predicted molar refractivity (Wildman–Crippen MR) is 185 cm³/mol. The normalized spacial score (nSPS) is 16.0. The van der Waals surface area contributed by atoms with E-state index in [0.717, 1.165) is 11.1 Å². The van der Waals surface area contributed by atoms with Crippen LogP contribution in [0.3, 0.4) is 0 Å². The van der Waals surface area contributed by atoms with Crippen LogP contribution in [0.1, 0.15) is 43.0 Å². The Morgan fingerprint density at radius 3 is 2.71 bits per heavy atom. The lowest BCUT2D eigenvalue weighted by atomic mass is 9.96. The van der Waals surface area contributed by atoms with Crippen molar-refractivity contribution in [2.75, 3.05) is 45.1 Å². The number of hydrogen-bond acceptors (Lipinski definition) is 10. The number of fused-ring (bicyclic) bond motifs is 4. The van der Waals surface area contributed by atoms with Gasteiger partial charge in [0.2, 0.25) is 11.8 Å². The van der Waals surface area contributed by atoms with E-state index in [1.807, 2.05) is 18.2 Å². The van der Waals surface area contributed by atoms with Crippen LogP contribution in [0.2, 0.25) is 5.02 Å². The smallest absolute Gasteiger partial charge is 0.411 e. The molecule has 1 aliphatic rings. The highest BCUT2D eigenvalue weighted by Crippen LogP contribution is 2.34. The molecular weight excluding hydrogens is 650 g/mol. The quantitative estimate of drug-likeness (QED) is 0.206. The molecule has 0 spiro atoms. The molecule has 0 saturated heterocycles. The van der Waals surface area contributed by atoms with Gasteiger partial charge in [-0.2, -0.15) is 4.68 Å². The van der Waals surface area contributed by atoms with Gasteiger partial charge in [0.15, 0.2) is 0 Å². The second-order valence-corrected chi connectivity index (χ2v) is 11.9. The zero-order valence-electron chi connectivity index (χ0n) is 27.4. The highest BCUT2D eigenvalue weighted by Gasteiger charge is 2.25. The number of methoxy groups -OCH3 is 2. The maximum atomic E-state index is 13.7. The van der Waals surface area contributed by atoms with Gasteiger partial charge in [0.1, 0.15) is 12.4 Å². The van der Waals surface area contributed by atoms with Gasteiger partial charge < -0.3 is 25.0 Å². The molecule has 3 N–H and O–H groups in total. The third kappa shape index (κ3) is 9.18. The van der Waals surface area contributed by atoms with E-state index in [9.17, 15) is 14.4 Å². The molecule has 14 nitrogen and oxygen atoms in total. The van der Waals surface area contributed by atoms with Gasteiger partial charge in [-0.15, -0.1) is 5.10 Å². The highest BCUT2D eigenvalue weighted by atomic mass is 35.5. The zero-order valence-corrected chi connectivity index (χ0v) is 28.2. The summed E-state index contributed by atoms with van der Waals surface area (Å²) in [7, 11) is 4.64. The minimum atomic E-state index is -0.610. The number of hydrogen-bond donors (Lipinski definition) is 3. The van der Waals surface area contributed by atoms with Crippen LogP contribution < -0.4 is 16.0 Å². The zero-order chi connectivity index (χ0) is 34.8. The molecule has 0 fully saturated rings. The molecule has 2 aromatic carbocycles. The minimum absolute atomic E-state index is 0.0844. The van der Waals surface area contributed by atoms with Gasteiger partial charge in [-0.05, 0) is 77.4 Å². The number of nitrogens with zero attached hydrogens (tertiary/aromatic N) is 6. The van der Waals surface area contributed by atoms with E-state index >= 15 is 0 Å². The first-order chi connectivity index (χ1) is 23.7. The van der Waals surface area contributed by atoms with Gasteiger partial charge in [0.25, 0.3) is 0 Å². The number of amides is 3. The molecule has 2 bridgehead atoms. The van der Waals surface area contributed by atoms with Crippen LogP contribution in [0.5, 0.6) is 0 Å². The number of tetrazole rings is 1. The van der Waals surface area contributed by atoms with Gasteiger partial charge >= 0.3 is 6.09 Å². The fourth-order valence-electron chi connectivity index (χ4n) is 5.53. The first-order valence-electron chi connectivity index (χ1n) is 15.7. The van der Waals surface area contributed by atoms with Crippen LogP contribution >= 0.6 is 11.6 Å². The largest absolute Gasteiger partial charge is 0.453 e. The van der Waals surface area contributed by atoms with E-state index in [1.165, 1.54) is 24.2 Å². The van der Waals surface area contributed by atoms with Crippen molar-refractivity contribution < 1.29 is 23.9 Å². The summed E-state index contributed by atoms with van der Waals surface area (Å²) in [4.78, 5) is 45.3. The molecule has 15 heteroatoms. The summed E-state index contributed by atoms with van der Waals surface area (Å²) in [6.07, 6.45) is 8.18. The lowest BCUT2D eigenvalue weighted by molar-refractivity contribution is -0.131. The van der Waals surface area contributed by atoms with E-state index in [0.29, 0.717) is 72.2 Å². The molecule has 4 aromatic rings. The Morgan fingerprint density at radius 2 is 1.94 bits per heavy atom. The number of anilines is 2. The number of carbonyl (C=O) groups excluding carboxylic acids is 3. The van der Waals surface area contributed by atoms with Crippen molar-refractivity contribution >= 4 is 47.0 Å². The van der Waals surface area contributed by atoms with E-state index < -0.39 is 18.2 Å². The van der Waals surface area contributed by atoms with Crippen molar-refractivity contribution in [1.82, 2.24) is 35.4 Å². The van der Waals surface area contributed by atoms with Gasteiger partial charge in [0.05, 0.1) is 31.1 Å². The third-order valence-corrected chi connectivity index (χ3v) is 8.32. The van der Waals surface area contributed by atoms with Gasteiger partial charge in [-0.3, -0.25) is 19.9 Å². The Labute approximate surface area is 288 Å². The van der Waals surface area contributed by atoms with Gasteiger partial charge in [0, 0.05) is 60.5 Å². The van der Waals surface area contributed by atoms with Gasteiger partial charge in [-0.25, -0.2) is 4.79 Å². The standard InChI is InChI=1S/C34H38ClN9O5/c1-43(16-17-48-2)33(46)28-7-5-4-6-27(40-32(45)13-8-23-18-24(35)9-12-31(23)44-21-37-41-42-44)30-19-22(14-15-36-30)26-11-10-25(20-29(26)39-28)38-34(47)49-3/h8-15,18-21,27-28,39H,4-7,16-17H2,1-3H3,(H,38,47)(H,40,45)/b13-8+/t27-,28+/m0/s1. The van der Waals surface area contributed by atoms with Crippen LogP contribution in [0.25, 0.3) is 22.9 Å². The lowest BCUT2D eigenvalue weighted by Gasteiger charge is -2.27. The van der Waals surface area contributed by atoms with Crippen molar-refractivity contribution in [3.8, 4) is 16.8 Å². The second kappa shape index (κ2) is 16.7. The predicted octanol–water partition coefficient (Wildman–Crippen LogP) is 4.89. The van der Waals surface area contributed by atoms with Crippen LogP contribution in [-0.4, -0.2) is 88.5 Å². The number of rotatable bonds is 9. The van der Waals surface area contributed by atoms with Crippen molar-refractivity contribution in [2.45, 2.75) is 37.8 Å². The lowest BCUT2D eigenvalue weighted by Crippen LogP contribution is -2.42. The molecule has 1 aliphatic heterocycles. The Morgan fingerprint density at radius 1 is 1.10 bits per heavy atom. The van der Waals surface area contributed by atoms with Crippen LogP contribution in [0, 0.1) is 0 Å².